The van der Waals surface area contributed by atoms with Gasteiger partial charge in [-0.15, -0.1) is 0 Å². The van der Waals surface area contributed by atoms with Crippen LogP contribution in [0, 0.1) is 0 Å². The van der Waals surface area contributed by atoms with Crippen molar-refractivity contribution in [1.82, 2.24) is 0 Å². The molecule has 0 saturated carbocycles. The van der Waals surface area contributed by atoms with E-state index in [9.17, 15) is 0 Å². The van der Waals surface area contributed by atoms with Gasteiger partial charge in [0.05, 0.1) is 10.8 Å². The van der Waals surface area contributed by atoms with E-state index in [1.54, 1.807) is 0 Å². The number of ether oxygens (including phenoxy) is 1. The fraction of sp³-hybridized carbons (Fsp3) is 0.0286. The van der Waals surface area contributed by atoms with Gasteiger partial charge in [0.2, 0.25) is 0 Å². The summed E-state index contributed by atoms with van der Waals surface area (Å²) in [5.74, 6) is 1.86. The summed E-state index contributed by atoms with van der Waals surface area (Å²) in [5, 5.41) is 4.57. The second-order valence-corrected chi connectivity index (χ2v) is 19.8. The molecule has 12 aromatic rings. The molecule has 334 valence electrons. The molecule has 0 bridgehead atoms. The maximum Gasteiger partial charge on any atom is 0.140 e. The number of hydrogen-bond acceptors (Lipinski definition) is 2. The molecule has 0 fully saturated rings. The largest absolute Gasteiger partial charge is 0.455 e. The van der Waals surface area contributed by atoms with Crippen LogP contribution in [-0.4, -0.2) is 0 Å². The molecule has 1 heterocycles. The summed E-state index contributed by atoms with van der Waals surface area (Å²) in [7, 11) is 0. The second-order valence-electron chi connectivity index (χ2n) is 19.8. The second kappa shape index (κ2) is 14.6. The Bertz CT molecular complexity index is 4110. The molecule has 12 aromatic carbocycles. The van der Waals surface area contributed by atoms with E-state index in [1.165, 1.54) is 99.8 Å². The molecule has 0 saturated heterocycles. The van der Waals surface area contributed by atoms with E-state index in [2.05, 4.69) is 266 Å². The van der Waals surface area contributed by atoms with Gasteiger partial charge in [-0.25, -0.2) is 0 Å². The van der Waals surface area contributed by atoms with Gasteiger partial charge in [-0.2, -0.15) is 0 Å². The first kappa shape index (κ1) is 39.6. The predicted octanol–water partition coefficient (Wildman–Crippen LogP) is 17.9. The molecule has 2 heteroatoms. The summed E-state index contributed by atoms with van der Waals surface area (Å²) >= 11 is 0. The summed E-state index contributed by atoms with van der Waals surface area (Å²) in [6.07, 6.45) is 0. The highest BCUT2D eigenvalue weighted by Gasteiger charge is 2.53. The normalized spacial score (nSPS) is 14.2. The van der Waals surface area contributed by atoms with Crippen LogP contribution in [0.15, 0.2) is 261 Å². The lowest BCUT2D eigenvalue weighted by Crippen LogP contribution is -2.32. The zero-order valence-electron chi connectivity index (χ0n) is 39.2. The molecule has 2 spiro atoms. The number of para-hydroxylation sites is 1. The lowest BCUT2D eigenvalue weighted by molar-refractivity contribution is 0.447. The Hall–Kier alpha value is -9.24. The Morgan fingerprint density at radius 2 is 0.694 bits per heavy atom. The number of anilines is 3. The van der Waals surface area contributed by atoms with Crippen LogP contribution in [-0.2, 0) is 10.8 Å². The predicted molar refractivity (Wildman–Crippen MR) is 295 cm³/mol. The molecule has 1 aliphatic heterocycles. The molecule has 0 amide bonds. The molecule has 16 rings (SSSR count). The fourth-order valence-corrected chi connectivity index (χ4v) is 13.7. The Morgan fingerprint density at radius 1 is 0.264 bits per heavy atom. The Balaban J connectivity index is 0.881. The highest BCUT2D eigenvalue weighted by atomic mass is 16.5. The third-order valence-electron chi connectivity index (χ3n) is 16.5. The highest BCUT2D eigenvalue weighted by molar-refractivity contribution is 6.03. The van der Waals surface area contributed by atoms with Crippen molar-refractivity contribution in [3.05, 3.63) is 305 Å². The Kier molecular flexibility index (Phi) is 8.05. The van der Waals surface area contributed by atoms with Crippen LogP contribution >= 0.6 is 0 Å². The maximum absolute atomic E-state index is 7.24. The van der Waals surface area contributed by atoms with Crippen LogP contribution < -0.4 is 9.64 Å². The van der Waals surface area contributed by atoms with E-state index in [-0.39, 0.29) is 0 Å². The van der Waals surface area contributed by atoms with Crippen LogP contribution in [0.2, 0.25) is 0 Å². The van der Waals surface area contributed by atoms with Gasteiger partial charge in [-0.1, -0.05) is 224 Å². The molecule has 0 atom stereocenters. The van der Waals surface area contributed by atoms with Crippen molar-refractivity contribution < 1.29 is 4.74 Å². The minimum Gasteiger partial charge on any atom is -0.455 e. The van der Waals surface area contributed by atoms with E-state index in [0.29, 0.717) is 0 Å². The molecule has 0 unspecified atom stereocenters. The SMILES string of the molecule is c1ccc(N(c2ccc(-c3cccc4c3-c3ccccc3C43c4ccc5ccccc5c4Oc4c3ccc3ccccc43)cc2)c2ccc3c(c2)C2(c4ccccc4-c4ccccc42)c2ccccc2-3)cc1. The van der Waals surface area contributed by atoms with Gasteiger partial charge in [0.1, 0.15) is 11.5 Å². The minimum absolute atomic E-state index is 0.436. The maximum atomic E-state index is 7.24. The van der Waals surface area contributed by atoms with E-state index in [0.717, 1.165) is 39.3 Å². The lowest BCUT2D eigenvalue weighted by Gasteiger charge is -2.40. The summed E-state index contributed by atoms with van der Waals surface area (Å²) in [6, 6.07) is 96.9. The smallest absolute Gasteiger partial charge is 0.140 e. The summed E-state index contributed by atoms with van der Waals surface area (Å²) in [5.41, 5.74) is 22.6. The molecule has 0 N–H and O–H groups in total. The van der Waals surface area contributed by atoms with Crippen LogP contribution in [0.4, 0.5) is 17.1 Å². The molecular formula is C70H43NO. The number of fused-ring (bicyclic) bond motifs is 23. The number of hydrogen-bond donors (Lipinski definition) is 0. The molecule has 2 nitrogen and oxygen atoms in total. The van der Waals surface area contributed by atoms with Crippen molar-refractivity contribution in [2.75, 3.05) is 4.90 Å². The first-order chi connectivity index (χ1) is 35.7. The monoisotopic (exact) mass is 913 g/mol. The third-order valence-corrected chi connectivity index (χ3v) is 16.5. The van der Waals surface area contributed by atoms with E-state index < -0.39 is 10.8 Å². The molecule has 0 aromatic heterocycles. The van der Waals surface area contributed by atoms with Crippen molar-refractivity contribution in [3.63, 3.8) is 0 Å². The molecular weight excluding hydrogens is 871 g/mol. The van der Waals surface area contributed by atoms with E-state index in [1.807, 2.05) is 0 Å². The van der Waals surface area contributed by atoms with Gasteiger partial charge in [-0.3, -0.25) is 0 Å². The topological polar surface area (TPSA) is 12.5 Å². The fourth-order valence-electron chi connectivity index (χ4n) is 13.7. The van der Waals surface area contributed by atoms with Gasteiger partial charge < -0.3 is 9.64 Å². The van der Waals surface area contributed by atoms with Crippen LogP contribution in [0.5, 0.6) is 11.5 Å². The minimum atomic E-state index is -0.617. The van der Waals surface area contributed by atoms with Crippen molar-refractivity contribution >= 4 is 38.6 Å². The third kappa shape index (κ3) is 5.03. The molecule has 3 aliphatic carbocycles. The van der Waals surface area contributed by atoms with Gasteiger partial charge in [0, 0.05) is 39.0 Å². The van der Waals surface area contributed by atoms with Gasteiger partial charge >= 0.3 is 0 Å². The van der Waals surface area contributed by atoms with Crippen molar-refractivity contribution in [3.8, 4) is 56.0 Å². The van der Waals surface area contributed by atoms with Gasteiger partial charge in [-0.05, 0) is 125 Å². The first-order valence-electron chi connectivity index (χ1n) is 25.1. The quantitative estimate of drug-likeness (QED) is 0.174. The van der Waals surface area contributed by atoms with E-state index >= 15 is 0 Å². The van der Waals surface area contributed by atoms with E-state index in [4.69, 9.17) is 4.74 Å². The standard InChI is InChI=1S/C70H43NO/c1-2-19-47(20-3-1)71(49-39-40-56-55-25-10-14-30-60(55)69(65(56)43-49)58-28-12-8-23-53(58)54-24-9-13-29-59(54)69)48-37-33-46(34-38-48)50-27-16-32-62-66(50)57-26-11-15-31-61(57)70(62)63-41-35-44-17-4-6-21-51(44)67(63)72-68-52-22-7-5-18-45(52)36-42-64(68)70/h1-43H. The first-order valence-corrected chi connectivity index (χ1v) is 25.1. The Morgan fingerprint density at radius 3 is 1.29 bits per heavy atom. The summed E-state index contributed by atoms with van der Waals surface area (Å²) in [6.45, 7) is 0. The zero-order valence-corrected chi connectivity index (χ0v) is 39.2. The number of rotatable bonds is 4. The molecule has 72 heavy (non-hydrogen) atoms. The lowest BCUT2D eigenvalue weighted by atomic mass is 9.65. The summed E-state index contributed by atoms with van der Waals surface area (Å²) in [4.78, 5) is 2.43. The molecule has 0 radical (unpaired) electrons. The average Bonchev–Trinajstić information content (AvgIpc) is 4.04. The zero-order chi connectivity index (χ0) is 47.1. The van der Waals surface area contributed by atoms with Crippen LogP contribution in [0.25, 0.3) is 66.1 Å². The average molecular weight is 914 g/mol. The van der Waals surface area contributed by atoms with Gasteiger partial charge in [0.15, 0.2) is 0 Å². The highest BCUT2D eigenvalue weighted by Crippen LogP contribution is 2.66. The number of nitrogens with zero attached hydrogens (tertiary/aromatic N) is 1. The van der Waals surface area contributed by atoms with Crippen molar-refractivity contribution in [2.45, 2.75) is 10.8 Å². The van der Waals surface area contributed by atoms with Crippen molar-refractivity contribution in [2.24, 2.45) is 0 Å². The van der Waals surface area contributed by atoms with Crippen molar-refractivity contribution in [1.29, 1.82) is 0 Å². The van der Waals surface area contributed by atoms with Crippen LogP contribution in [0.1, 0.15) is 44.5 Å². The Labute approximate surface area is 418 Å². The number of benzene rings is 12. The van der Waals surface area contributed by atoms with Crippen LogP contribution in [0.3, 0.4) is 0 Å². The van der Waals surface area contributed by atoms with Gasteiger partial charge in [0.25, 0.3) is 0 Å². The summed E-state index contributed by atoms with van der Waals surface area (Å²) < 4.78 is 7.24. The molecule has 4 aliphatic rings.